The van der Waals surface area contributed by atoms with Gasteiger partial charge in [-0.05, 0) is 37.3 Å². The Morgan fingerprint density at radius 2 is 2.18 bits per heavy atom. The first-order valence-corrected chi connectivity index (χ1v) is 6.86. The van der Waals surface area contributed by atoms with E-state index in [1.54, 1.807) is 0 Å². The predicted molar refractivity (Wildman–Crippen MR) is 74.6 cm³/mol. The minimum atomic E-state index is 0.553. The molecule has 2 N–H and O–H groups in total. The van der Waals surface area contributed by atoms with E-state index in [4.69, 9.17) is 17.3 Å². The number of halogens is 1. The van der Waals surface area contributed by atoms with Gasteiger partial charge in [-0.3, -0.25) is 0 Å². The number of hydrogen-bond donors (Lipinski definition) is 1. The summed E-state index contributed by atoms with van der Waals surface area (Å²) < 4.78 is 0. The number of anilines is 1. The minimum absolute atomic E-state index is 0.553. The van der Waals surface area contributed by atoms with Gasteiger partial charge in [0.25, 0.3) is 0 Å². The molecule has 1 aromatic rings. The van der Waals surface area contributed by atoms with Gasteiger partial charge in [-0.2, -0.15) is 0 Å². The zero-order chi connectivity index (χ0) is 12.3. The van der Waals surface area contributed by atoms with Gasteiger partial charge in [0.15, 0.2) is 0 Å². The van der Waals surface area contributed by atoms with Crippen LogP contribution in [0.15, 0.2) is 18.2 Å². The lowest BCUT2D eigenvalue weighted by Gasteiger charge is -2.34. The van der Waals surface area contributed by atoms with Gasteiger partial charge >= 0.3 is 0 Å². The molecule has 1 aliphatic carbocycles. The molecule has 94 valence electrons. The Morgan fingerprint density at radius 1 is 1.41 bits per heavy atom. The fraction of sp³-hybridized carbons (Fsp3) is 0.571. The van der Waals surface area contributed by atoms with Crippen LogP contribution in [-0.2, 0) is 6.54 Å². The molecule has 0 aliphatic heterocycles. The van der Waals surface area contributed by atoms with Crippen molar-refractivity contribution in [1.29, 1.82) is 0 Å². The summed E-state index contributed by atoms with van der Waals surface area (Å²) in [4.78, 5) is 2.38. The van der Waals surface area contributed by atoms with Gasteiger partial charge < -0.3 is 10.6 Å². The minimum Gasteiger partial charge on any atom is -0.370 e. The Hall–Kier alpha value is -0.730. The number of rotatable bonds is 5. The van der Waals surface area contributed by atoms with E-state index in [1.807, 2.05) is 12.1 Å². The molecule has 0 aromatic heterocycles. The Kier molecular flexibility index (Phi) is 4.30. The highest BCUT2D eigenvalue weighted by molar-refractivity contribution is 6.33. The summed E-state index contributed by atoms with van der Waals surface area (Å²) in [6.45, 7) is 4.85. The standard InChI is InChI=1S/C14H21ClN2/c1-2-17(10-11-5-3-6-11)14-12(9-16)7-4-8-13(14)15/h4,7-8,11H,2-3,5-6,9-10,16H2,1H3. The predicted octanol–water partition coefficient (Wildman–Crippen LogP) is 3.43. The van der Waals surface area contributed by atoms with Gasteiger partial charge in [0.05, 0.1) is 10.7 Å². The summed E-state index contributed by atoms with van der Waals surface area (Å²) in [5.41, 5.74) is 8.10. The Labute approximate surface area is 109 Å². The quantitative estimate of drug-likeness (QED) is 0.870. The van der Waals surface area contributed by atoms with E-state index in [0.717, 1.165) is 35.3 Å². The summed E-state index contributed by atoms with van der Waals surface area (Å²) >= 11 is 6.33. The smallest absolute Gasteiger partial charge is 0.0642 e. The number of hydrogen-bond acceptors (Lipinski definition) is 2. The van der Waals surface area contributed by atoms with Crippen LogP contribution in [0.4, 0.5) is 5.69 Å². The Bertz CT molecular complexity index is 374. The van der Waals surface area contributed by atoms with Crippen molar-refractivity contribution in [3.63, 3.8) is 0 Å². The molecule has 0 radical (unpaired) electrons. The summed E-state index contributed by atoms with van der Waals surface area (Å²) in [6.07, 6.45) is 4.10. The maximum Gasteiger partial charge on any atom is 0.0642 e. The molecule has 1 saturated carbocycles. The molecule has 0 saturated heterocycles. The summed E-state index contributed by atoms with van der Waals surface area (Å²) in [5.74, 6) is 0.844. The van der Waals surface area contributed by atoms with Gasteiger partial charge in [-0.1, -0.05) is 30.2 Å². The lowest BCUT2D eigenvalue weighted by Crippen LogP contribution is -2.33. The van der Waals surface area contributed by atoms with E-state index < -0.39 is 0 Å². The molecule has 0 heterocycles. The van der Waals surface area contributed by atoms with E-state index in [0.29, 0.717) is 6.54 Å². The Balaban J connectivity index is 2.21. The van der Waals surface area contributed by atoms with Gasteiger partial charge in [-0.25, -0.2) is 0 Å². The van der Waals surface area contributed by atoms with Crippen LogP contribution in [0, 0.1) is 5.92 Å². The van der Waals surface area contributed by atoms with Crippen molar-refractivity contribution in [1.82, 2.24) is 0 Å². The third-order valence-corrected chi connectivity index (χ3v) is 4.00. The van der Waals surface area contributed by atoms with Gasteiger partial charge in [-0.15, -0.1) is 0 Å². The highest BCUT2D eigenvalue weighted by Gasteiger charge is 2.22. The third-order valence-electron chi connectivity index (χ3n) is 3.69. The topological polar surface area (TPSA) is 29.3 Å². The number of nitrogens with two attached hydrogens (primary N) is 1. The first kappa shape index (κ1) is 12.7. The number of para-hydroxylation sites is 1. The van der Waals surface area contributed by atoms with E-state index in [9.17, 15) is 0 Å². The molecule has 0 amide bonds. The maximum atomic E-state index is 6.33. The van der Waals surface area contributed by atoms with Crippen molar-refractivity contribution in [2.75, 3.05) is 18.0 Å². The fourth-order valence-electron chi connectivity index (χ4n) is 2.44. The molecular weight excluding hydrogens is 232 g/mol. The highest BCUT2D eigenvalue weighted by Crippen LogP contribution is 2.33. The van der Waals surface area contributed by atoms with Crippen molar-refractivity contribution < 1.29 is 0 Å². The van der Waals surface area contributed by atoms with Crippen LogP contribution in [0.1, 0.15) is 31.7 Å². The van der Waals surface area contributed by atoms with Crippen molar-refractivity contribution in [2.24, 2.45) is 11.7 Å². The lowest BCUT2D eigenvalue weighted by atomic mass is 9.85. The summed E-state index contributed by atoms with van der Waals surface area (Å²) in [5, 5.41) is 0.828. The zero-order valence-corrected chi connectivity index (χ0v) is 11.2. The van der Waals surface area contributed by atoms with E-state index in [-0.39, 0.29) is 0 Å². The average molecular weight is 253 g/mol. The number of nitrogens with zero attached hydrogens (tertiary/aromatic N) is 1. The first-order chi connectivity index (χ1) is 8.26. The van der Waals surface area contributed by atoms with Gasteiger partial charge in [0.2, 0.25) is 0 Å². The molecule has 0 atom stereocenters. The van der Waals surface area contributed by atoms with Gasteiger partial charge in [0, 0.05) is 19.6 Å². The molecular formula is C14H21ClN2. The fourth-order valence-corrected chi connectivity index (χ4v) is 2.76. The molecule has 0 bridgehead atoms. The molecule has 2 nitrogen and oxygen atoms in total. The second-order valence-corrected chi connectivity index (χ2v) is 5.19. The molecule has 1 aromatic carbocycles. The van der Waals surface area contributed by atoms with Gasteiger partial charge in [0.1, 0.15) is 0 Å². The lowest BCUT2D eigenvalue weighted by molar-refractivity contribution is 0.318. The highest BCUT2D eigenvalue weighted by atomic mass is 35.5. The summed E-state index contributed by atoms with van der Waals surface area (Å²) in [7, 11) is 0. The first-order valence-electron chi connectivity index (χ1n) is 6.48. The van der Waals surface area contributed by atoms with Crippen LogP contribution in [0.25, 0.3) is 0 Å². The third kappa shape index (κ3) is 2.75. The molecule has 1 fully saturated rings. The molecule has 3 heteroatoms. The average Bonchev–Trinajstić information content (AvgIpc) is 2.29. The van der Waals surface area contributed by atoms with Crippen molar-refractivity contribution in [3.05, 3.63) is 28.8 Å². The zero-order valence-electron chi connectivity index (χ0n) is 10.5. The maximum absolute atomic E-state index is 6.33. The summed E-state index contributed by atoms with van der Waals surface area (Å²) in [6, 6.07) is 6.01. The molecule has 0 spiro atoms. The van der Waals surface area contributed by atoms with Crippen molar-refractivity contribution in [2.45, 2.75) is 32.7 Å². The largest absolute Gasteiger partial charge is 0.370 e. The van der Waals surface area contributed by atoms with E-state index in [1.165, 1.54) is 19.3 Å². The van der Waals surface area contributed by atoms with Crippen LogP contribution in [0.2, 0.25) is 5.02 Å². The number of benzene rings is 1. The monoisotopic (exact) mass is 252 g/mol. The molecule has 2 rings (SSSR count). The second kappa shape index (κ2) is 5.74. The molecule has 1 aliphatic rings. The van der Waals surface area contributed by atoms with E-state index in [2.05, 4.69) is 17.9 Å². The Morgan fingerprint density at radius 3 is 2.71 bits per heavy atom. The van der Waals surface area contributed by atoms with E-state index >= 15 is 0 Å². The van der Waals surface area contributed by atoms with Crippen LogP contribution in [-0.4, -0.2) is 13.1 Å². The van der Waals surface area contributed by atoms with Crippen LogP contribution < -0.4 is 10.6 Å². The van der Waals surface area contributed by atoms with Crippen LogP contribution >= 0.6 is 11.6 Å². The van der Waals surface area contributed by atoms with Crippen molar-refractivity contribution >= 4 is 17.3 Å². The second-order valence-electron chi connectivity index (χ2n) is 4.79. The molecule has 17 heavy (non-hydrogen) atoms. The molecule has 0 unspecified atom stereocenters. The van der Waals surface area contributed by atoms with Crippen LogP contribution in [0.3, 0.4) is 0 Å². The SMILES string of the molecule is CCN(CC1CCC1)c1c(Cl)cccc1CN. The van der Waals surface area contributed by atoms with Crippen molar-refractivity contribution in [3.8, 4) is 0 Å². The van der Waals surface area contributed by atoms with Crippen LogP contribution in [0.5, 0.6) is 0 Å². The normalized spacial score (nSPS) is 15.7.